The molecule has 0 saturated carbocycles. The minimum atomic E-state index is -3.93. The minimum Gasteiger partial charge on any atom is -0.308 e. The minimum absolute atomic E-state index is 0.0683. The largest absolute Gasteiger partial charge is 0.308 e. The third-order valence-corrected chi connectivity index (χ3v) is 5.14. The Labute approximate surface area is 129 Å². The number of nitrogens with zero attached hydrogens (tertiary/aromatic N) is 2. The van der Waals surface area contributed by atoms with Gasteiger partial charge in [0.2, 0.25) is 10.0 Å². The van der Waals surface area contributed by atoms with Gasteiger partial charge < -0.3 is 4.90 Å². The molecule has 1 aromatic carbocycles. The highest BCUT2D eigenvalue weighted by Gasteiger charge is 2.26. The molecule has 114 valence electrons. The van der Waals surface area contributed by atoms with Crippen LogP contribution >= 0.6 is 23.2 Å². The summed E-state index contributed by atoms with van der Waals surface area (Å²) in [5.74, 6) is -0.989. The van der Waals surface area contributed by atoms with E-state index in [-0.39, 0.29) is 23.0 Å². The number of benzene rings is 1. The first kappa shape index (κ1) is 17.7. The summed E-state index contributed by atoms with van der Waals surface area (Å²) in [6.45, 7) is 0.776. The highest BCUT2D eigenvalue weighted by atomic mass is 35.5. The van der Waals surface area contributed by atoms with E-state index in [0.29, 0.717) is 6.54 Å². The van der Waals surface area contributed by atoms with Gasteiger partial charge in [-0.15, -0.1) is 11.6 Å². The van der Waals surface area contributed by atoms with Crippen molar-refractivity contribution in [3.8, 4) is 0 Å². The molecule has 0 aromatic heterocycles. The number of alkyl halides is 1. The average Bonchev–Trinajstić information content (AvgIpc) is 2.37. The van der Waals surface area contributed by atoms with Crippen LogP contribution in [0.4, 0.5) is 4.39 Å². The van der Waals surface area contributed by atoms with E-state index in [2.05, 4.69) is 0 Å². The van der Waals surface area contributed by atoms with Crippen molar-refractivity contribution in [1.29, 1.82) is 0 Å². The van der Waals surface area contributed by atoms with E-state index in [4.69, 9.17) is 23.2 Å². The molecule has 0 atom stereocenters. The first-order valence-corrected chi connectivity index (χ1v) is 8.20. The van der Waals surface area contributed by atoms with Crippen LogP contribution in [0.1, 0.15) is 5.56 Å². The van der Waals surface area contributed by atoms with Gasteiger partial charge in [-0.1, -0.05) is 11.6 Å². The van der Waals surface area contributed by atoms with Gasteiger partial charge in [0.25, 0.3) is 0 Å². The molecule has 0 saturated heterocycles. The molecule has 0 aliphatic rings. The highest BCUT2D eigenvalue weighted by Crippen LogP contribution is 2.26. The predicted molar refractivity (Wildman–Crippen MR) is 79.3 cm³/mol. The summed E-state index contributed by atoms with van der Waals surface area (Å²) in [6.07, 6.45) is 0. The van der Waals surface area contributed by atoms with Crippen LogP contribution in [-0.4, -0.2) is 51.9 Å². The van der Waals surface area contributed by atoms with Gasteiger partial charge >= 0.3 is 0 Å². The van der Waals surface area contributed by atoms with E-state index in [1.165, 1.54) is 13.1 Å². The van der Waals surface area contributed by atoms with E-state index in [1.807, 2.05) is 19.0 Å². The average molecular weight is 343 g/mol. The van der Waals surface area contributed by atoms with Crippen molar-refractivity contribution in [2.75, 3.05) is 34.2 Å². The Kier molecular flexibility index (Phi) is 6.22. The Hall–Kier alpha value is -0.400. The second-order valence-corrected chi connectivity index (χ2v) is 7.36. The van der Waals surface area contributed by atoms with Crippen molar-refractivity contribution >= 4 is 33.2 Å². The summed E-state index contributed by atoms with van der Waals surface area (Å²) in [7, 11) is 1.12. The highest BCUT2D eigenvalue weighted by molar-refractivity contribution is 7.89. The molecule has 0 aliphatic heterocycles. The fourth-order valence-electron chi connectivity index (χ4n) is 1.53. The molecule has 1 rings (SSSR count). The van der Waals surface area contributed by atoms with Gasteiger partial charge in [-0.25, -0.2) is 12.8 Å². The molecule has 0 unspecified atom stereocenters. The van der Waals surface area contributed by atoms with E-state index < -0.39 is 20.7 Å². The number of hydrogen-bond acceptors (Lipinski definition) is 3. The predicted octanol–water partition coefficient (Wildman–Crippen LogP) is 2.40. The molecule has 0 bridgehead atoms. The maximum absolute atomic E-state index is 14.1. The molecule has 0 radical (unpaired) electrons. The van der Waals surface area contributed by atoms with Crippen LogP contribution in [0.2, 0.25) is 5.02 Å². The molecule has 0 heterocycles. The van der Waals surface area contributed by atoms with Crippen LogP contribution in [0.25, 0.3) is 0 Å². The second kappa shape index (κ2) is 7.04. The summed E-state index contributed by atoms with van der Waals surface area (Å²) in [4.78, 5) is 1.40. The number of rotatable bonds is 6. The molecule has 1 aromatic rings. The van der Waals surface area contributed by atoms with Crippen LogP contribution in [0, 0.1) is 5.82 Å². The van der Waals surface area contributed by atoms with Crippen molar-refractivity contribution in [3.63, 3.8) is 0 Å². The monoisotopic (exact) mass is 342 g/mol. The molecule has 4 nitrogen and oxygen atoms in total. The molecule has 0 spiro atoms. The van der Waals surface area contributed by atoms with Gasteiger partial charge in [-0.2, -0.15) is 4.31 Å². The van der Waals surface area contributed by atoms with Crippen LogP contribution in [0.3, 0.4) is 0 Å². The van der Waals surface area contributed by atoms with E-state index in [0.717, 1.165) is 10.4 Å². The van der Waals surface area contributed by atoms with Crippen LogP contribution < -0.4 is 0 Å². The Morgan fingerprint density at radius 2 is 1.80 bits per heavy atom. The summed E-state index contributed by atoms with van der Waals surface area (Å²) in [5, 5.41) is 0.140. The maximum atomic E-state index is 14.1. The fraction of sp³-hybridized carbons (Fsp3) is 0.500. The summed E-state index contributed by atoms with van der Waals surface area (Å²) < 4.78 is 39.9. The lowest BCUT2D eigenvalue weighted by Gasteiger charge is -2.20. The van der Waals surface area contributed by atoms with Gasteiger partial charge in [0.15, 0.2) is 0 Å². The van der Waals surface area contributed by atoms with Crippen molar-refractivity contribution in [3.05, 3.63) is 28.5 Å². The Balaban J connectivity index is 3.18. The quantitative estimate of drug-likeness (QED) is 0.745. The lowest BCUT2D eigenvalue weighted by Crippen LogP contribution is -2.34. The Morgan fingerprint density at radius 3 is 2.30 bits per heavy atom. The van der Waals surface area contributed by atoms with E-state index >= 15 is 0 Å². The SMILES string of the molecule is CN(C)CCN(C)S(=O)(=O)c1cc(Cl)cc(CCl)c1F. The lowest BCUT2D eigenvalue weighted by molar-refractivity contribution is 0.357. The third-order valence-electron chi connectivity index (χ3n) is 2.77. The van der Waals surface area contributed by atoms with Crippen LogP contribution in [-0.2, 0) is 15.9 Å². The van der Waals surface area contributed by atoms with Crippen molar-refractivity contribution in [2.45, 2.75) is 10.8 Å². The maximum Gasteiger partial charge on any atom is 0.245 e. The van der Waals surface area contributed by atoms with Crippen LogP contribution in [0.15, 0.2) is 17.0 Å². The van der Waals surface area contributed by atoms with Gasteiger partial charge in [0.05, 0.1) is 5.88 Å². The fourth-order valence-corrected chi connectivity index (χ4v) is 3.32. The van der Waals surface area contributed by atoms with Crippen LogP contribution in [0.5, 0.6) is 0 Å². The molecule has 0 fully saturated rings. The lowest BCUT2D eigenvalue weighted by atomic mass is 10.2. The number of sulfonamides is 1. The van der Waals surface area contributed by atoms with Gasteiger partial charge in [-0.05, 0) is 26.2 Å². The number of likely N-dealkylation sites (N-methyl/N-ethyl adjacent to an activating group) is 2. The molecule has 0 amide bonds. The van der Waals surface area contributed by atoms with Gasteiger partial charge in [0.1, 0.15) is 10.7 Å². The standard InChI is InChI=1S/C12H17Cl2FN2O2S/c1-16(2)4-5-17(3)20(18,19)11-7-10(14)6-9(8-13)12(11)15/h6-7H,4-5,8H2,1-3H3. The van der Waals surface area contributed by atoms with Crippen molar-refractivity contribution < 1.29 is 12.8 Å². The zero-order chi connectivity index (χ0) is 15.5. The summed E-state index contributed by atoms with van der Waals surface area (Å²) >= 11 is 11.4. The summed E-state index contributed by atoms with van der Waals surface area (Å²) in [6, 6.07) is 2.43. The topological polar surface area (TPSA) is 40.6 Å². The molecule has 20 heavy (non-hydrogen) atoms. The zero-order valence-electron chi connectivity index (χ0n) is 11.5. The molecular weight excluding hydrogens is 326 g/mol. The van der Waals surface area contributed by atoms with E-state index in [1.54, 1.807) is 0 Å². The Bertz CT molecular complexity index is 579. The molecule has 0 aliphatic carbocycles. The first-order valence-electron chi connectivity index (χ1n) is 5.85. The molecule has 0 N–H and O–H groups in total. The van der Waals surface area contributed by atoms with Gasteiger partial charge in [0, 0.05) is 30.7 Å². The second-order valence-electron chi connectivity index (χ2n) is 4.64. The third kappa shape index (κ3) is 4.05. The first-order chi connectivity index (χ1) is 9.20. The number of halogens is 3. The molecule has 8 heteroatoms. The zero-order valence-corrected chi connectivity index (χ0v) is 13.9. The normalized spacial score (nSPS) is 12.4. The van der Waals surface area contributed by atoms with Gasteiger partial charge in [-0.3, -0.25) is 0 Å². The summed E-state index contributed by atoms with van der Waals surface area (Å²) in [5.41, 5.74) is 0.0683. The van der Waals surface area contributed by atoms with E-state index in [9.17, 15) is 12.8 Å². The number of hydrogen-bond donors (Lipinski definition) is 0. The smallest absolute Gasteiger partial charge is 0.245 e. The van der Waals surface area contributed by atoms with Crippen molar-refractivity contribution in [1.82, 2.24) is 9.21 Å². The Morgan fingerprint density at radius 1 is 1.20 bits per heavy atom. The van der Waals surface area contributed by atoms with Crippen molar-refractivity contribution in [2.24, 2.45) is 0 Å². The molecular formula is C12H17Cl2FN2O2S.